The van der Waals surface area contributed by atoms with E-state index in [4.69, 9.17) is 20.8 Å². The van der Waals surface area contributed by atoms with Crippen molar-refractivity contribution in [2.24, 2.45) is 0 Å². The Kier molecular flexibility index (Phi) is 5.95. The van der Waals surface area contributed by atoms with Crippen LogP contribution in [0, 0.1) is 0 Å². The average molecular weight is 447 g/mol. The largest absolute Gasteiger partial charge is 0.457 e. The molecule has 1 unspecified atom stereocenters. The lowest BCUT2D eigenvalue weighted by molar-refractivity contribution is 0.0206. The maximum absolute atomic E-state index is 13.1. The van der Waals surface area contributed by atoms with Crippen LogP contribution in [0.3, 0.4) is 0 Å². The van der Waals surface area contributed by atoms with Gasteiger partial charge in [0.15, 0.2) is 0 Å². The molecule has 1 amide bonds. The number of nitrogens with one attached hydrogen (secondary N) is 1. The molecule has 1 N–H and O–H groups in total. The molecule has 1 fully saturated rings. The molecule has 6 heteroatoms. The van der Waals surface area contributed by atoms with Crippen LogP contribution in [0.5, 0.6) is 0 Å². The highest BCUT2D eigenvalue weighted by atomic mass is 35.5. The van der Waals surface area contributed by atoms with Crippen molar-refractivity contribution in [3.8, 4) is 0 Å². The van der Waals surface area contributed by atoms with Crippen molar-refractivity contribution in [1.82, 2.24) is 4.90 Å². The highest BCUT2D eigenvalue weighted by Gasteiger charge is 2.31. The minimum absolute atomic E-state index is 0.171. The van der Waals surface area contributed by atoms with Crippen LogP contribution in [0.15, 0.2) is 83.3 Å². The summed E-state index contributed by atoms with van der Waals surface area (Å²) in [5.74, 6) is 0.537. The Labute approximate surface area is 191 Å². The van der Waals surface area contributed by atoms with Crippen molar-refractivity contribution in [3.63, 3.8) is 0 Å². The fourth-order valence-corrected chi connectivity index (χ4v) is 4.30. The van der Waals surface area contributed by atoms with Crippen molar-refractivity contribution < 1.29 is 13.9 Å². The van der Waals surface area contributed by atoms with Crippen LogP contribution in [0.2, 0.25) is 5.02 Å². The highest BCUT2D eigenvalue weighted by molar-refractivity contribution is 6.30. The lowest BCUT2D eigenvalue weighted by atomic mass is 10.00. The first-order valence-electron chi connectivity index (χ1n) is 10.7. The number of nitrogens with zero attached hydrogens (tertiary/aromatic N) is 1. The van der Waals surface area contributed by atoms with Gasteiger partial charge in [-0.15, -0.1) is 0 Å². The number of hydrogen-bond donors (Lipinski definition) is 1. The van der Waals surface area contributed by atoms with Crippen LogP contribution < -0.4 is 5.32 Å². The minimum Gasteiger partial charge on any atom is -0.457 e. The molecule has 0 radical (unpaired) electrons. The van der Waals surface area contributed by atoms with Gasteiger partial charge in [0.25, 0.3) is 5.91 Å². The lowest BCUT2D eigenvalue weighted by Crippen LogP contribution is -2.39. The zero-order chi connectivity index (χ0) is 21.9. The number of benzene rings is 3. The molecule has 0 spiro atoms. The van der Waals surface area contributed by atoms with Crippen LogP contribution >= 0.6 is 11.6 Å². The van der Waals surface area contributed by atoms with Crippen molar-refractivity contribution in [1.29, 1.82) is 0 Å². The van der Waals surface area contributed by atoms with Crippen molar-refractivity contribution in [3.05, 3.63) is 101 Å². The van der Waals surface area contributed by atoms with Gasteiger partial charge in [-0.2, -0.15) is 0 Å². The molecular formula is C26H23ClN2O3. The van der Waals surface area contributed by atoms with E-state index in [-0.39, 0.29) is 11.9 Å². The number of furan rings is 1. The van der Waals surface area contributed by atoms with Gasteiger partial charge in [0.2, 0.25) is 0 Å². The van der Waals surface area contributed by atoms with Gasteiger partial charge in [-0.3, -0.25) is 9.69 Å². The number of carbonyl (C=O) groups is 1. The molecule has 162 valence electrons. The van der Waals surface area contributed by atoms with E-state index in [1.54, 1.807) is 12.1 Å². The second-order valence-corrected chi connectivity index (χ2v) is 8.20. The normalized spacial score (nSPS) is 15.5. The molecule has 4 aromatic rings. The Morgan fingerprint density at radius 3 is 2.34 bits per heavy atom. The van der Waals surface area contributed by atoms with E-state index in [0.29, 0.717) is 35.2 Å². The van der Waals surface area contributed by atoms with Gasteiger partial charge in [-0.05, 0) is 42.0 Å². The maximum Gasteiger partial charge on any atom is 0.255 e. The summed E-state index contributed by atoms with van der Waals surface area (Å²) in [5.41, 5.74) is 3.07. The van der Waals surface area contributed by atoms with Crippen molar-refractivity contribution >= 4 is 34.2 Å². The SMILES string of the molecule is O=C(Nc1c(C(c2ccc(Cl)cc2)N2CCOCC2)oc2ccccc12)c1ccccc1. The van der Waals surface area contributed by atoms with E-state index >= 15 is 0 Å². The smallest absolute Gasteiger partial charge is 0.255 e. The molecule has 1 aromatic heterocycles. The Morgan fingerprint density at radius 2 is 1.59 bits per heavy atom. The molecule has 0 aliphatic carbocycles. The van der Waals surface area contributed by atoms with Gasteiger partial charge in [-0.1, -0.05) is 54.1 Å². The van der Waals surface area contributed by atoms with E-state index in [1.807, 2.05) is 66.7 Å². The monoisotopic (exact) mass is 446 g/mol. The van der Waals surface area contributed by atoms with Gasteiger partial charge in [0, 0.05) is 29.1 Å². The van der Waals surface area contributed by atoms with E-state index in [9.17, 15) is 4.79 Å². The quantitative estimate of drug-likeness (QED) is 0.423. The Bertz CT molecular complexity index is 1220. The predicted octanol–water partition coefficient (Wildman–Crippen LogP) is 5.76. The molecule has 5 rings (SSSR count). The van der Waals surface area contributed by atoms with E-state index < -0.39 is 0 Å². The first-order chi connectivity index (χ1) is 15.7. The van der Waals surface area contributed by atoms with Gasteiger partial charge in [0.05, 0.1) is 24.9 Å². The lowest BCUT2D eigenvalue weighted by Gasteiger charge is -2.34. The zero-order valence-corrected chi connectivity index (χ0v) is 18.2. The van der Waals surface area contributed by atoms with Crippen LogP contribution in [-0.2, 0) is 4.74 Å². The molecule has 2 heterocycles. The van der Waals surface area contributed by atoms with E-state index in [0.717, 1.165) is 29.6 Å². The van der Waals surface area contributed by atoms with Gasteiger partial charge >= 0.3 is 0 Å². The van der Waals surface area contributed by atoms with E-state index in [1.165, 1.54) is 0 Å². The number of carbonyl (C=O) groups excluding carboxylic acids is 1. The third-order valence-electron chi connectivity index (χ3n) is 5.74. The second-order valence-electron chi connectivity index (χ2n) is 7.76. The third kappa shape index (κ3) is 4.15. The molecule has 0 bridgehead atoms. The van der Waals surface area contributed by atoms with Gasteiger partial charge in [0.1, 0.15) is 11.3 Å². The number of rotatable bonds is 5. The van der Waals surface area contributed by atoms with Crippen LogP contribution in [0.1, 0.15) is 27.7 Å². The van der Waals surface area contributed by atoms with Crippen molar-refractivity contribution in [2.75, 3.05) is 31.6 Å². The standard InChI is InChI=1S/C26H23ClN2O3/c27-20-12-10-18(11-13-20)24(29-14-16-31-17-15-29)25-23(21-8-4-5-9-22(21)32-25)28-26(30)19-6-2-1-3-7-19/h1-13,24H,14-17H2,(H,28,30). The summed E-state index contributed by atoms with van der Waals surface area (Å²) in [6, 6.07) is 24.6. The Balaban J connectivity index is 1.63. The Hall–Kier alpha value is -3.12. The molecular weight excluding hydrogens is 424 g/mol. The summed E-state index contributed by atoms with van der Waals surface area (Å²) in [6.45, 7) is 2.82. The fourth-order valence-electron chi connectivity index (χ4n) is 4.17. The predicted molar refractivity (Wildman–Crippen MR) is 126 cm³/mol. The molecule has 0 saturated carbocycles. The molecule has 1 aliphatic rings. The summed E-state index contributed by atoms with van der Waals surface area (Å²) < 4.78 is 12.0. The molecule has 1 saturated heterocycles. The van der Waals surface area contributed by atoms with E-state index in [2.05, 4.69) is 10.2 Å². The van der Waals surface area contributed by atoms with Crippen LogP contribution in [-0.4, -0.2) is 37.1 Å². The number of morpholine rings is 1. The Morgan fingerprint density at radius 1 is 0.906 bits per heavy atom. The van der Waals surface area contributed by atoms with Crippen molar-refractivity contribution in [2.45, 2.75) is 6.04 Å². The second kappa shape index (κ2) is 9.17. The first kappa shape index (κ1) is 20.8. The summed E-state index contributed by atoms with van der Waals surface area (Å²) in [4.78, 5) is 15.4. The van der Waals surface area contributed by atoms with Crippen LogP contribution in [0.4, 0.5) is 5.69 Å². The number of anilines is 1. The molecule has 3 aromatic carbocycles. The molecule has 1 atom stereocenters. The summed E-state index contributed by atoms with van der Waals surface area (Å²) in [7, 11) is 0. The number of fused-ring (bicyclic) bond motifs is 1. The maximum atomic E-state index is 13.1. The average Bonchev–Trinajstić information content (AvgIpc) is 3.19. The number of halogens is 1. The summed E-state index contributed by atoms with van der Waals surface area (Å²) in [6.07, 6.45) is 0. The first-order valence-corrected chi connectivity index (χ1v) is 11.0. The molecule has 1 aliphatic heterocycles. The highest BCUT2D eigenvalue weighted by Crippen LogP contribution is 2.41. The fraction of sp³-hybridized carbons (Fsp3) is 0.192. The number of amides is 1. The number of para-hydroxylation sites is 1. The van der Waals surface area contributed by atoms with Gasteiger partial charge in [-0.25, -0.2) is 0 Å². The van der Waals surface area contributed by atoms with Crippen LogP contribution in [0.25, 0.3) is 11.0 Å². The summed E-state index contributed by atoms with van der Waals surface area (Å²) in [5, 5.41) is 4.69. The summed E-state index contributed by atoms with van der Waals surface area (Å²) >= 11 is 6.17. The topological polar surface area (TPSA) is 54.7 Å². The number of hydrogen-bond acceptors (Lipinski definition) is 4. The minimum atomic E-state index is -0.186. The zero-order valence-electron chi connectivity index (χ0n) is 17.5. The molecule has 5 nitrogen and oxygen atoms in total. The van der Waals surface area contributed by atoms with Gasteiger partial charge < -0.3 is 14.5 Å². The third-order valence-corrected chi connectivity index (χ3v) is 5.99. The number of ether oxygens (including phenoxy) is 1. The molecule has 32 heavy (non-hydrogen) atoms.